The summed E-state index contributed by atoms with van der Waals surface area (Å²) in [5.41, 5.74) is 0.489. The Kier molecular flexibility index (Phi) is 4.00. The Labute approximate surface area is 98.8 Å². The number of rotatable bonds is 3. The van der Waals surface area contributed by atoms with Crippen molar-refractivity contribution in [2.45, 2.75) is 51.5 Å². The standard InChI is InChI=1S/C13H25NS/c1-11(2)13(6-4-7-14-13)9-12-5-3-8-15-10-12/h11-12,14H,3-10H2,1-2H3. The van der Waals surface area contributed by atoms with Gasteiger partial charge in [0, 0.05) is 5.54 Å². The summed E-state index contributed by atoms with van der Waals surface area (Å²) in [6, 6.07) is 0. The summed E-state index contributed by atoms with van der Waals surface area (Å²) >= 11 is 2.17. The van der Waals surface area contributed by atoms with Gasteiger partial charge in [-0.15, -0.1) is 0 Å². The Morgan fingerprint density at radius 3 is 2.80 bits per heavy atom. The molecule has 0 aliphatic carbocycles. The lowest BCUT2D eigenvalue weighted by Gasteiger charge is -2.38. The summed E-state index contributed by atoms with van der Waals surface area (Å²) in [7, 11) is 0. The molecule has 2 heteroatoms. The molecule has 0 amide bonds. The number of hydrogen-bond acceptors (Lipinski definition) is 2. The molecule has 1 N–H and O–H groups in total. The lowest BCUT2D eigenvalue weighted by molar-refractivity contribution is 0.213. The first-order valence-corrected chi connectivity index (χ1v) is 7.71. The molecule has 2 unspecified atom stereocenters. The molecule has 2 saturated heterocycles. The molecule has 2 aliphatic rings. The maximum Gasteiger partial charge on any atom is 0.0207 e. The van der Waals surface area contributed by atoms with Crippen molar-refractivity contribution < 1.29 is 0 Å². The SMILES string of the molecule is CC(C)C1(CC2CCCSC2)CCCN1. The van der Waals surface area contributed by atoms with Gasteiger partial charge in [-0.2, -0.15) is 11.8 Å². The van der Waals surface area contributed by atoms with Gasteiger partial charge in [0.1, 0.15) is 0 Å². The molecule has 2 rings (SSSR count). The van der Waals surface area contributed by atoms with E-state index in [1.165, 1.54) is 50.2 Å². The van der Waals surface area contributed by atoms with Crippen LogP contribution in [-0.2, 0) is 0 Å². The first-order chi connectivity index (χ1) is 7.23. The minimum atomic E-state index is 0.489. The third-order valence-corrected chi connectivity index (χ3v) is 5.57. The number of thioether (sulfide) groups is 1. The second kappa shape index (κ2) is 5.09. The molecule has 0 aromatic rings. The van der Waals surface area contributed by atoms with E-state index in [1.807, 2.05) is 0 Å². The lowest BCUT2D eigenvalue weighted by atomic mass is 9.77. The monoisotopic (exact) mass is 227 g/mol. The number of nitrogens with one attached hydrogen (secondary N) is 1. The van der Waals surface area contributed by atoms with E-state index in [4.69, 9.17) is 0 Å². The van der Waals surface area contributed by atoms with Crippen molar-refractivity contribution in [1.82, 2.24) is 5.32 Å². The highest BCUT2D eigenvalue weighted by Gasteiger charge is 2.38. The first-order valence-electron chi connectivity index (χ1n) is 6.56. The van der Waals surface area contributed by atoms with Crippen molar-refractivity contribution in [3.8, 4) is 0 Å². The van der Waals surface area contributed by atoms with Gasteiger partial charge >= 0.3 is 0 Å². The van der Waals surface area contributed by atoms with Crippen molar-refractivity contribution >= 4 is 11.8 Å². The summed E-state index contributed by atoms with van der Waals surface area (Å²) in [5, 5.41) is 3.81. The summed E-state index contributed by atoms with van der Waals surface area (Å²) in [6.45, 7) is 6.04. The first kappa shape index (κ1) is 11.8. The molecule has 1 nitrogen and oxygen atoms in total. The summed E-state index contributed by atoms with van der Waals surface area (Å²) in [6.07, 6.45) is 7.15. The highest BCUT2D eigenvalue weighted by Crippen LogP contribution is 2.37. The van der Waals surface area contributed by atoms with E-state index in [0.717, 1.165) is 11.8 Å². The summed E-state index contributed by atoms with van der Waals surface area (Å²) in [5.74, 6) is 4.60. The smallest absolute Gasteiger partial charge is 0.0207 e. The van der Waals surface area contributed by atoms with Gasteiger partial charge in [-0.1, -0.05) is 13.8 Å². The third-order valence-electron chi connectivity index (χ3n) is 4.29. The van der Waals surface area contributed by atoms with Gasteiger partial charge in [-0.25, -0.2) is 0 Å². The van der Waals surface area contributed by atoms with Gasteiger partial charge < -0.3 is 5.32 Å². The van der Waals surface area contributed by atoms with Crippen LogP contribution >= 0.6 is 11.8 Å². The zero-order valence-corrected chi connectivity index (χ0v) is 11.0. The Balaban J connectivity index is 1.93. The molecule has 0 aromatic carbocycles. The highest BCUT2D eigenvalue weighted by atomic mass is 32.2. The van der Waals surface area contributed by atoms with E-state index >= 15 is 0 Å². The van der Waals surface area contributed by atoms with Crippen LogP contribution in [-0.4, -0.2) is 23.6 Å². The molecular formula is C13H25NS. The molecule has 2 aliphatic heterocycles. The zero-order chi connectivity index (χ0) is 10.7. The molecular weight excluding hydrogens is 202 g/mol. The van der Waals surface area contributed by atoms with Crippen LogP contribution in [0.4, 0.5) is 0 Å². The van der Waals surface area contributed by atoms with Crippen LogP contribution in [0.25, 0.3) is 0 Å². The minimum absolute atomic E-state index is 0.489. The van der Waals surface area contributed by atoms with Crippen LogP contribution in [0.1, 0.15) is 46.0 Å². The Bertz CT molecular complexity index is 191. The fourth-order valence-corrected chi connectivity index (χ4v) is 4.37. The zero-order valence-electron chi connectivity index (χ0n) is 10.2. The van der Waals surface area contributed by atoms with Gasteiger partial charge in [0.2, 0.25) is 0 Å². The second-order valence-electron chi connectivity index (χ2n) is 5.63. The molecule has 2 heterocycles. The van der Waals surface area contributed by atoms with Crippen molar-refractivity contribution in [3.63, 3.8) is 0 Å². The average molecular weight is 227 g/mol. The molecule has 2 fully saturated rings. The van der Waals surface area contributed by atoms with Crippen LogP contribution in [0.5, 0.6) is 0 Å². The minimum Gasteiger partial charge on any atom is -0.311 e. The van der Waals surface area contributed by atoms with E-state index in [1.54, 1.807) is 0 Å². The van der Waals surface area contributed by atoms with Crippen LogP contribution in [0.3, 0.4) is 0 Å². The van der Waals surface area contributed by atoms with Gasteiger partial charge in [0.05, 0.1) is 0 Å². The van der Waals surface area contributed by atoms with Crippen molar-refractivity contribution in [2.24, 2.45) is 11.8 Å². The molecule has 88 valence electrons. The fraction of sp³-hybridized carbons (Fsp3) is 1.00. The van der Waals surface area contributed by atoms with Gasteiger partial charge in [-0.05, 0) is 62.0 Å². The van der Waals surface area contributed by atoms with Gasteiger partial charge in [0.25, 0.3) is 0 Å². The molecule has 2 atom stereocenters. The van der Waals surface area contributed by atoms with E-state index in [-0.39, 0.29) is 0 Å². The predicted molar refractivity (Wildman–Crippen MR) is 69.5 cm³/mol. The molecule has 0 radical (unpaired) electrons. The van der Waals surface area contributed by atoms with Crippen LogP contribution in [0.15, 0.2) is 0 Å². The maximum absolute atomic E-state index is 3.81. The molecule has 0 spiro atoms. The van der Waals surface area contributed by atoms with E-state index in [9.17, 15) is 0 Å². The normalized spacial score (nSPS) is 37.4. The Morgan fingerprint density at radius 1 is 1.40 bits per heavy atom. The Hall–Kier alpha value is 0.310. The summed E-state index contributed by atoms with van der Waals surface area (Å²) < 4.78 is 0. The largest absolute Gasteiger partial charge is 0.311 e. The highest BCUT2D eigenvalue weighted by molar-refractivity contribution is 7.99. The second-order valence-corrected chi connectivity index (χ2v) is 6.78. The van der Waals surface area contributed by atoms with E-state index in [2.05, 4.69) is 30.9 Å². The molecule has 15 heavy (non-hydrogen) atoms. The van der Waals surface area contributed by atoms with E-state index < -0.39 is 0 Å². The lowest BCUT2D eigenvalue weighted by Crippen LogP contribution is -2.46. The predicted octanol–water partition coefficient (Wildman–Crippen LogP) is 3.30. The third kappa shape index (κ3) is 2.71. The van der Waals surface area contributed by atoms with Crippen LogP contribution < -0.4 is 5.32 Å². The van der Waals surface area contributed by atoms with Crippen molar-refractivity contribution in [3.05, 3.63) is 0 Å². The number of hydrogen-bond donors (Lipinski definition) is 1. The van der Waals surface area contributed by atoms with Crippen LogP contribution in [0, 0.1) is 11.8 Å². The topological polar surface area (TPSA) is 12.0 Å². The van der Waals surface area contributed by atoms with Crippen molar-refractivity contribution in [2.75, 3.05) is 18.1 Å². The molecule has 0 bridgehead atoms. The molecule has 0 aromatic heterocycles. The average Bonchev–Trinajstić information content (AvgIpc) is 2.69. The molecule has 0 saturated carbocycles. The summed E-state index contributed by atoms with van der Waals surface area (Å²) in [4.78, 5) is 0. The quantitative estimate of drug-likeness (QED) is 0.794. The van der Waals surface area contributed by atoms with Crippen LogP contribution in [0.2, 0.25) is 0 Å². The fourth-order valence-electron chi connectivity index (χ4n) is 3.22. The van der Waals surface area contributed by atoms with Gasteiger partial charge in [-0.3, -0.25) is 0 Å². The van der Waals surface area contributed by atoms with E-state index in [0.29, 0.717) is 5.54 Å². The maximum atomic E-state index is 3.81. The van der Waals surface area contributed by atoms with Gasteiger partial charge in [0.15, 0.2) is 0 Å². The van der Waals surface area contributed by atoms with Crippen molar-refractivity contribution in [1.29, 1.82) is 0 Å². The Morgan fingerprint density at radius 2 is 2.27 bits per heavy atom.